The van der Waals surface area contributed by atoms with Gasteiger partial charge in [-0.15, -0.1) is 11.3 Å². The number of nitrogens with one attached hydrogen (secondary N) is 2. The third-order valence-corrected chi connectivity index (χ3v) is 10.5. The highest BCUT2D eigenvalue weighted by Crippen LogP contribution is 2.40. The van der Waals surface area contributed by atoms with Crippen molar-refractivity contribution in [2.75, 3.05) is 17.3 Å². The highest BCUT2D eigenvalue weighted by atomic mass is 32.2. The molecule has 1 fully saturated rings. The zero-order valence-corrected chi connectivity index (χ0v) is 20.9. The minimum Gasteiger partial charge on any atom is -0.381 e. The predicted molar refractivity (Wildman–Crippen MR) is 131 cm³/mol. The number of anilines is 1. The van der Waals surface area contributed by atoms with E-state index in [1.54, 1.807) is 12.4 Å². The summed E-state index contributed by atoms with van der Waals surface area (Å²) in [6.45, 7) is 0. The molecule has 0 saturated heterocycles. The van der Waals surface area contributed by atoms with Gasteiger partial charge in [0.2, 0.25) is 0 Å². The van der Waals surface area contributed by atoms with Crippen LogP contribution in [0.25, 0.3) is 21.6 Å². The maximum atomic E-state index is 12.8. The van der Waals surface area contributed by atoms with Crippen LogP contribution in [0.5, 0.6) is 0 Å². The molecule has 1 aliphatic rings. The quantitative estimate of drug-likeness (QED) is 0.368. The van der Waals surface area contributed by atoms with Crippen LogP contribution in [0, 0.1) is 17.2 Å². The lowest BCUT2D eigenvalue weighted by Gasteiger charge is -2.36. The van der Waals surface area contributed by atoms with Crippen LogP contribution in [-0.2, 0) is 19.7 Å². The molecule has 4 aromatic rings. The standard InChI is InChI=1S/C22H20N6O4S3/c1-34(29,30)19-11-27-22(33-19)17-10-26-21-16(3-5-25-21)20(17)28-15-6-14(7-15)12-35(31,32)18-8-13(9-23)2-4-24-18/h2-5,8,10-11,14-15H,6-7,12H2,1H3,(H2,25,26,28). The van der Waals surface area contributed by atoms with Gasteiger partial charge in [0.1, 0.15) is 14.9 Å². The number of hydrogen-bond donors (Lipinski definition) is 2. The third-order valence-electron chi connectivity index (χ3n) is 5.89. The summed E-state index contributed by atoms with van der Waals surface area (Å²) in [5.41, 5.74) is 2.40. The maximum absolute atomic E-state index is 12.8. The van der Waals surface area contributed by atoms with Crippen molar-refractivity contribution in [1.29, 1.82) is 5.26 Å². The monoisotopic (exact) mass is 528 g/mol. The number of fused-ring (bicyclic) bond motifs is 1. The third kappa shape index (κ3) is 4.64. The van der Waals surface area contributed by atoms with E-state index in [2.05, 4.69) is 25.3 Å². The molecule has 13 heteroatoms. The summed E-state index contributed by atoms with van der Waals surface area (Å²) in [6, 6.07) is 6.62. The molecule has 0 bridgehead atoms. The number of H-pyrrole nitrogens is 1. The van der Waals surface area contributed by atoms with Crippen LogP contribution < -0.4 is 5.32 Å². The van der Waals surface area contributed by atoms with E-state index in [0.717, 1.165) is 28.7 Å². The smallest absolute Gasteiger partial charge is 0.195 e. The van der Waals surface area contributed by atoms with Gasteiger partial charge in [0.05, 0.1) is 34.8 Å². The van der Waals surface area contributed by atoms with Crippen molar-refractivity contribution in [3.8, 4) is 16.6 Å². The van der Waals surface area contributed by atoms with Crippen LogP contribution in [0.15, 0.2) is 52.2 Å². The molecule has 0 aromatic carbocycles. The van der Waals surface area contributed by atoms with Gasteiger partial charge in [-0.25, -0.2) is 31.8 Å². The van der Waals surface area contributed by atoms with E-state index in [-0.39, 0.29) is 32.5 Å². The van der Waals surface area contributed by atoms with Crippen molar-refractivity contribution in [3.63, 3.8) is 0 Å². The first kappa shape index (κ1) is 23.4. The van der Waals surface area contributed by atoms with Crippen molar-refractivity contribution in [2.45, 2.75) is 28.1 Å². The van der Waals surface area contributed by atoms with Gasteiger partial charge in [0, 0.05) is 36.3 Å². The summed E-state index contributed by atoms with van der Waals surface area (Å²) in [4.78, 5) is 15.7. The zero-order chi connectivity index (χ0) is 24.8. The maximum Gasteiger partial charge on any atom is 0.195 e. The fourth-order valence-corrected chi connectivity index (χ4v) is 7.46. The Morgan fingerprint density at radius 2 is 1.97 bits per heavy atom. The number of thiazole rings is 1. The van der Waals surface area contributed by atoms with Crippen molar-refractivity contribution in [3.05, 3.63) is 48.5 Å². The van der Waals surface area contributed by atoms with Crippen molar-refractivity contribution < 1.29 is 16.8 Å². The second-order valence-corrected chi connectivity index (χ2v) is 13.8. The van der Waals surface area contributed by atoms with Crippen LogP contribution in [-0.4, -0.2) is 54.8 Å². The lowest BCUT2D eigenvalue weighted by atomic mass is 9.81. The summed E-state index contributed by atoms with van der Waals surface area (Å²) < 4.78 is 49.6. The van der Waals surface area contributed by atoms with E-state index in [9.17, 15) is 16.8 Å². The summed E-state index contributed by atoms with van der Waals surface area (Å²) >= 11 is 1.08. The number of hydrogen-bond acceptors (Lipinski definition) is 10. The Hall–Kier alpha value is -3.34. The molecule has 180 valence electrons. The number of nitrogens with zero attached hydrogens (tertiary/aromatic N) is 4. The fraction of sp³-hybridized carbons (Fsp3) is 0.273. The number of nitriles is 1. The fourth-order valence-electron chi connectivity index (χ4n) is 4.12. The van der Waals surface area contributed by atoms with Crippen LogP contribution in [0.2, 0.25) is 0 Å². The molecule has 35 heavy (non-hydrogen) atoms. The first-order valence-electron chi connectivity index (χ1n) is 10.6. The molecule has 10 nitrogen and oxygen atoms in total. The molecule has 1 saturated carbocycles. The van der Waals surface area contributed by atoms with Gasteiger partial charge in [-0.3, -0.25) is 0 Å². The Kier molecular flexibility index (Phi) is 5.82. The SMILES string of the molecule is CS(=O)(=O)c1cnc(-c2cnc3[nH]ccc3c2NC2CC(CS(=O)(=O)c3cc(C#N)ccn3)C2)s1. The summed E-state index contributed by atoms with van der Waals surface area (Å²) in [7, 11) is -6.98. The lowest BCUT2D eigenvalue weighted by molar-refractivity contribution is 0.310. The van der Waals surface area contributed by atoms with Crippen LogP contribution in [0.4, 0.5) is 5.69 Å². The summed E-state index contributed by atoms with van der Waals surface area (Å²) in [6.07, 6.45) is 8.52. The van der Waals surface area contributed by atoms with E-state index < -0.39 is 19.7 Å². The van der Waals surface area contributed by atoms with Crippen molar-refractivity contribution in [1.82, 2.24) is 19.9 Å². The average molecular weight is 529 g/mol. The Balaban J connectivity index is 1.35. The number of pyridine rings is 2. The second kappa shape index (κ2) is 8.71. The predicted octanol–water partition coefficient (Wildman–Crippen LogP) is 3.02. The molecule has 4 heterocycles. The van der Waals surface area contributed by atoms with Crippen LogP contribution in [0.1, 0.15) is 18.4 Å². The van der Waals surface area contributed by atoms with Crippen molar-refractivity contribution >= 4 is 47.7 Å². The van der Waals surface area contributed by atoms with E-state index in [1.165, 1.54) is 24.5 Å². The Morgan fingerprint density at radius 3 is 2.69 bits per heavy atom. The molecule has 5 rings (SSSR count). The number of aromatic nitrogens is 4. The minimum atomic E-state index is -3.61. The van der Waals surface area contributed by atoms with Crippen molar-refractivity contribution in [2.24, 2.45) is 5.92 Å². The Bertz CT molecular complexity index is 1680. The van der Waals surface area contributed by atoms with E-state index >= 15 is 0 Å². The van der Waals surface area contributed by atoms with Gasteiger partial charge in [0.15, 0.2) is 24.7 Å². The molecule has 0 aliphatic heterocycles. The molecule has 1 aliphatic carbocycles. The van der Waals surface area contributed by atoms with Gasteiger partial charge >= 0.3 is 0 Å². The first-order valence-corrected chi connectivity index (χ1v) is 15.0. The number of sulfone groups is 2. The molecule has 0 radical (unpaired) electrons. The van der Waals surface area contributed by atoms with Crippen LogP contribution in [0.3, 0.4) is 0 Å². The Labute approximate surface area is 205 Å². The lowest BCUT2D eigenvalue weighted by Crippen LogP contribution is -2.39. The van der Waals surface area contributed by atoms with E-state index in [1.807, 2.05) is 12.1 Å². The molecule has 2 N–H and O–H groups in total. The summed E-state index contributed by atoms with van der Waals surface area (Å²) in [5.74, 6) is -0.0891. The van der Waals surface area contributed by atoms with Gasteiger partial charge in [0.25, 0.3) is 0 Å². The van der Waals surface area contributed by atoms with E-state index in [0.29, 0.717) is 29.1 Å². The largest absolute Gasteiger partial charge is 0.381 e. The van der Waals surface area contributed by atoms with Crippen LogP contribution >= 0.6 is 11.3 Å². The molecule has 0 amide bonds. The van der Waals surface area contributed by atoms with Gasteiger partial charge in [-0.2, -0.15) is 5.26 Å². The zero-order valence-electron chi connectivity index (χ0n) is 18.5. The molecule has 0 spiro atoms. The Morgan fingerprint density at radius 1 is 1.17 bits per heavy atom. The highest BCUT2D eigenvalue weighted by Gasteiger charge is 2.35. The number of aromatic amines is 1. The highest BCUT2D eigenvalue weighted by molar-refractivity contribution is 7.92. The van der Waals surface area contributed by atoms with Gasteiger partial charge in [-0.05, 0) is 37.0 Å². The van der Waals surface area contributed by atoms with E-state index in [4.69, 9.17) is 5.26 Å². The second-order valence-electron chi connectivity index (χ2n) is 8.50. The molecular weight excluding hydrogens is 508 g/mol. The normalized spacial score (nSPS) is 18.2. The van der Waals surface area contributed by atoms with Gasteiger partial charge in [-0.1, -0.05) is 0 Å². The minimum absolute atomic E-state index is 0.0298. The molecule has 0 unspecified atom stereocenters. The van der Waals surface area contributed by atoms with Gasteiger partial charge < -0.3 is 10.3 Å². The topological polar surface area (TPSA) is 159 Å². The number of rotatable bonds is 7. The molecular formula is C22H20N6O4S3. The first-order chi connectivity index (χ1) is 16.6. The average Bonchev–Trinajstić information content (AvgIpc) is 3.47. The summed E-state index contributed by atoms with van der Waals surface area (Å²) in [5, 5.41) is 13.8. The molecule has 4 aromatic heterocycles. The molecule has 0 atom stereocenters.